The van der Waals surface area contributed by atoms with Crippen LogP contribution in [0.2, 0.25) is 0 Å². The third-order valence-electron chi connectivity index (χ3n) is 2.42. The van der Waals surface area contributed by atoms with Gasteiger partial charge in [-0.25, -0.2) is 0 Å². The fourth-order valence-electron chi connectivity index (χ4n) is 1.39. The zero-order chi connectivity index (χ0) is 15.0. The van der Waals surface area contributed by atoms with Crippen molar-refractivity contribution in [1.29, 1.82) is 5.26 Å². The third kappa shape index (κ3) is 5.42. The summed E-state index contributed by atoms with van der Waals surface area (Å²) in [6, 6.07) is 7.98. The molecule has 0 heterocycles. The second kappa shape index (κ2) is 7.81. The Morgan fingerprint density at radius 1 is 1.50 bits per heavy atom. The molecule has 0 spiro atoms. The van der Waals surface area contributed by atoms with Crippen LogP contribution in [0, 0.1) is 11.3 Å². The molecular weight excluding hydrogens is 256 g/mol. The van der Waals surface area contributed by atoms with Gasteiger partial charge in [0.05, 0.1) is 0 Å². The van der Waals surface area contributed by atoms with E-state index in [2.05, 4.69) is 10.6 Å². The van der Waals surface area contributed by atoms with E-state index in [-0.39, 0.29) is 11.3 Å². The molecule has 6 nitrogen and oxygen atoms in total. The minimum absolute atomic E-state index is 0.0212. The molecule has 1 aromatic carbocycles. The molecule has 1 aromatic rings. The van der Waals surface area contributed by atoms with Crippen LogP contribution in [0.1, 0.15) is 0 Å². The van der Waals surface area contributed by atoms with E-state index in [1.165, 1.54) is 18.3 Å². The van der Waals surface area contributed by atoms with E-state index in [0.29, 0.717) is 12.2 Å². The van der Waals surface area contributed by atoms with Crippen LogP contribution in [0.4, 0.5) is 5.69 Å². The molecule has 0 atom stereocenters. The molecule has 1 rings (SSSR count). The Kier molecular flexibility index (Phi) is 6.07. The molecule has 0 aliphatic rings. The highest BCUT2D eigenvalue weighted by molar-refractivity contribution is 6.06. The van der Waals surface area contributed by atoms with Crippen molar-refractivity contribution in [2.24, 2.45) is 0 Å². The van der Waals surface area contributed by atoms with Gasteiger partial charge in [-0.05, 0) is 26.2 Å². The zero-order valence-corrected chi connectivity index (χ0v) is 11.6. The van der Waals surface area contributed by atoms with Crippen molar-refractivity contribution in [3.63, 3.8) is 0 Å². The molecule has 3 N–H and O–H groups in total. The average molecular weight is 274 g/mol. The summed E-state index contributed by atoms with van der Waals surface area (Å²) in [5, 5.41) is 23.7. The lowest BCUT2D eigenvalue weighted by Crippen LogP contribution is -2.24. The Labute approximate surface area is 118 Å². The summed E-state index contributed by atoms with van der Waals surface area (Å²) in [7, 11) is 3.87. The fraction of sp³-hybridized carbons (Fsp3) is 0.286. The third-order valence-corrected chi connectivity index (χ3v) is 2.42. The molecule has 1 amide bonds. The van der Waals surface area contributed by atoms with Crippen LogP contribution in [-0.2, 0) is 4.79 Å². The van der Waals surface area contributed by atoms with Crippen LogP contribution in [0.15, 0.2) is 36.0 Å². The smallest absolute Gasteiger partial charge is 0.267 e. The molecular formula is C14H18N4O2. The Balaban J connectivity index is 2.59. The summed E-state index contributed by atoms with van der Waals surface area (Å²) < 4.78 is 0. The quantitative estimate of drug-likeness (QED) is 0.407. The minimum Gasteiger partial charge on any atom is -0.508 e. The second-order valence-electron chi connectivity index (χ2n) is 4.43. The molecule has 0 saturated carbocycles. The standard InChI is InChI=1S/C14H18N4O2/c1-18(2)7-6-16-10-11(9-15)14(20)17-12-4-3-5-13(19)8-12/h3-5,8,10,16,19H,6-7H2,1-2H3,(H,17,20)/b11-10-. The van der Waals surface area contributed by atoms with E-state index in [1.807, 2.05) is 25.1 Å². The first-order chi connectivity index (χ1) is 9.52. The number of nitriles is 1. The first kappa shape index (κ1) is 15.5. The number of carbonyl (C=O) groups is 1. The summed E-state index contributed by atoms with van der Waals surface area (Å²) in [6.07, 6.45) is 1.39. The molecule has 0 aliphatic heterocycles. The number of aromatic hydroxyl groups is 1. The lowest BCUT2D eigenvalue weighted by atomic mass is 10.2. The number of nitrogens with zero attached hydrogens (tertiary/aromatic N) is 2. The number of phenols is 1. The van der Waals surface area contributed by atoms with Crippen LogP contribution in [0.5, 0.6) is 5.75 Å². The van der Waals surface area contributed by atoms with Crippen LogP contribution >= 0.6 is 0 Å². The Bertz CT molecular complexity index is 532. The van der Waals surface area contributed by atoms with Crippen molar-refractivity contribution in [3.05, 3.63) is 36.0 Å². The summed E-state index contributed by atoms with van der Waals surface area (Å²) in [6.45, 7) is 1.43. The van der Waals surface area contributed by atoms with E-state index in [1.54, 1.807) is 12.1 Å². The van der Waals surface area contributed by atoms with Crippen molar-refractivity contribution >= 4 is 11.6 Å². The number of likely N-dealkylation sites (N-methyl/N-ethyl adjacent to an activating group) is 1. The number of phenolic OH excluding ortho intramolecular Hbond substituents is 1. The molecule has 20 heavy (non-hydrogen) atoms. The maximum Gasteiger partial charge on any atom is 0.267 e. The van der Waals surface area contributed by atoms with Crippen molar-refractivity contribution in [2.75, 3.05) is 32.5 Å². The molecule has 0 aromatic heterocycles. The number of nitrogens with one attached hydrogen (secondary N) is 2. The number of benzene rings is 1. The highest BCUT2D eigenvalue weighted by Gasteiger charge is 2.09. The number of hydrogen-bond donors (Lipinski definition) is 3. The Hall–Kier alpha value is -2.52. The van der Waals surface area contributed by atoms with Gasteiger partial charge < -0.3 is 20.6 Å². The van der Waals surface area contributed by atoms with Crippen LogP contribution < -0.4 is 10.6 Å². The van der Waals surface area contributed by atoms with E-state index < -0.39 is 5.91 Å². The van der Waals surface area contributed by atoms with E-state index in [4.69, 9.17) is 5.26 Å². The van der Waals surface area contributed by atoms with Gasteiger partial charge in [-0.2, -0.15) is 5.26 Å². The highest BCUT2D eigenvalue weighted by atomic mass is 16.3. The monoisotopic (exact) mass is 274 g/mol. The maximum atomic E-state index is 11.8. The minimum atomic E-state index is -0.518. The van der Waals surface area contributed by atoms with Crippen LogP contribution in [-0.4, -0.2) is 43.1 Å². The molecule has 6 heteroatoms. The van der Waals surface area contributed by atoms with E-state index >= 15 is 0 Å². The summed E-state index contributed by atoms with van der Waals surface area (Å²) >= 11 is 0. The predicted octanol–water partition coefficient (Wildman–Crippen LogP) is 0.889. The molecule has 0 bridgehead atoms. The average Bonchev–Trinajstić information content (AvgIpc) is 2.38. The van der Waals surface area contributed by atoms with E-state index in [0.717, 1.165) is 6.54 Å². The van der Waals surface area contributed by atoms with Gasteiger partial charge in [-0.1, -0.05) is 6.07 Å². The number of anilines is 1. The second-order valence-corrected chi connectivity index (χ2v) is 4.43. The number of hydrogen-bond acceptors (Lipinski definition) is 5. The summed E-state index contributed by atoms with van der Waals surface area (Å²) in [5.41, 5.74) is 0.413. The Morgan fingerprint density at radius 2 is 2.25 bits per heavy atom. The number of amides is 1. The first-order valence-corrected chi connectivity index (χ1v) is 6.11. The topological polar surface area (TPSA) is 88.4 Å². The van der Waals surface area contributed by atoms with Crippen LogP contribution in [0.3, 0.4) is 0 Å². The van der Waals surface area contributed by atoms with Crippen molar-refractivity contribution in [1.82, 2.24) is 10.2 Å². The zero-order valence-electron chi connectivity index (χ0n) is 11.6. The van der Waals surface area contributed by atoms with Gasteiger partial charge in [0.1, 0.15) is 17.4 Å². The largest absolute Gasteiger partial charge is 0.508 e. The highest BCUT2D eigenvalue weighted by Crippen LogP contribution is 2.15. The van der Waals surface area contributed by atoms with Gasteiger partial charge in [-0.3, -0.25) is 4.79 Å². The normalized spacial score (nSPS) is 11.0. The molecule has 0 radical (unpaired) electrons. The molecule has 0 aliphatic carbocycles. The summed E-state index contributed by atoms with van der Waals surface area (Å²) in [4.78, 5) is 13.8. The SMILES string of the molecule is CN(C)CCN/C=C(/C#N)C(=O)Nc1cccc(O)c1. The van der Waals surface area contributed by atoms with E-state index in [9.17, 15) is 9.90 Å². The number of rotatable bonds is 6. The summed E-state index contributed by atoms with van der Waals surface area (Å²) in [5.74, 6) is -0.468. The lowest BCUT2D eigenvalue weighted by molar-refractivity contribution is -0.112. The first-order valence-electron chi connectivity index (χ1n) is 6.11. The number of carbonyl (C=O) groups excluding carboxylic acids is 1. The van der Waals surface area contributed by atoms with Crippen LogP contribution in [0.25, 0.3) is 0 Å². The molecule has 0 fully saturated rings. The fourth-order valence-corrected chi connectivity index (χ4v) is 1.39. The maximum absolute atomic E-state index is 11.8. The van der Waals surface area contributed by atoms with Crippen molar-refractivity contribution < 1.29 is 9.90 Å². The molecule has 106 valence electrons. The van der Waals surface area contributed by atoms with Crippen molar-refractivity contribution in [3.8, 4) is 11.8 Å². The Morgan fingerprint density at radius 3 is 2.85 bits per heavy atom. The predicted molar refractivity (Wildman–Crippen MR) is 77.0 cm³/mol. The van der Waals surface area contributed by atoms with Gasteiger partial charge in [0.2, 0.25) is 0 Å². The van der Waals surface area contributed by atoms with Crippen molar-refractivity contribution in [2.45, 2.75) is 0 Å². The molecule has 0 saturated heterocycles. The van der Waals surface area contributed by atoms with Gasteiger partial charge in [-0.15, -0.1) is 0 Å². The van der Waals surface area contributed by atoms with Gasteiger partial charge in [0.15, 0.2) is 0 Å². The lowest BCUT2D eigenvalue weighted by Gasteiger charge is -2.09. The van der Waals surface area contributed by atoms with Gasteiger partial charge in [0, 0.05) is 31.0 Å². The van der Waals surface area contributed by atoms with Gasteiger partial charge >= 0.3 is 0 Å². The molecule has 0 unspecified atom stereocenters. The van der Waals surface area contributed by atoms with Gasteiger partial charge in [0.25, 0.3) is 5.91 Å².